The maximum atomic E-state index is 12.2. The molecule has 1 N–H and O–H groups in total. The first-order valence-corrected chi connectivity index (χ1v) is 7.02. The van der Waals surface area contributed by atoms with Crippen LogP contribution in [0.4, 0.5) is 5.82 Å². The Hall–Kier alpha value is -2.82. The maximum Gasteiger partial charge on any atom is 0.287 e. The molecule has 0 aliphatic heterocycles. The Morgan fingerprint density at radius 3 is 2.82 bits per heavy atom. The zero-order chi connectivity index (χ0) is 15.5. The van der Waals surface area contributed by atoms with Gasteiger partial charge in [-0.25, -0.2) is 4.98 Å². The number of fused-ring (bicyclic) bond motifs is 1. The van der Waals surface area contributed by atoms with E-state index in [1.165, 1.54) is 0 Å². The molecule has 5 heteroatoms. The number of anilines is 1. The lowest BCUT2D eigenvalue weighted by molar-refractivity contribution is 0.0925. The Kier molecular flexibility index (Phi) is 3.78. The lowest BCUT2D eigenvalue weighted by atomic mass is 10.2. The van der Waals surface area contributed by atoms with Crippen molar-refractivity contribution in [3.05, 3.63) is 60.0 Å². The van der Waals surface area contributed by atoms with Gasteiger partial charge in [0.2, 0.25) is 0 Å². The number of hydrogen-bond acceptors (Lipinski definition) is 4. The molecular weight excluding hydrogens is 278 g/mol. The number of aromatic nitrogens is 1. The van der Waals surface area contributed by atoms with Gasteiger partial charge in [-0.15, -0.1) is 0 Å². The Balaban J connectivity index is 1.70. The predicted molar refractivity (Wildman–Crippen MR) is 85.9 cm³/mol. The number of carbonyl (C=O) groups excluding carboxylic acids is 1. The van der Waals surface area contributed by atoms with Gasteiger partial charge in [-0.3, -0.25) is 4.79 Å². The Bertz CT molecular complexity index is 775. The van der Waals surface area contributed by atoms with Crippen LogP contribution in [0.5, 0.6) is 0 Å². The molecule has 1 aromatic carbocycles. The average molecular weight is 295 g/mol. The number of hydrogen-bond donors (Lipinski definition) is 1. The minimum atomic E-state index is -0.223. The minimum Gasteiger partial charge on any atom is -0.451 e. The highest BCUT2D eigenvalue weighted by atomic mass is 16.3. The molecule has 3 rings (SSSR count). The third-order valence-corrected chi connectivity index (χ3v) is 3.37. The molecule has 0 aliphatic rings. The van der Waals surface area contributed by atoms with E-state index in [1.54, 1.807) is 12.3 Å². The molecule has 3 aromatic rings. The number of carbonyl (C=O) groups is 1. The number of rotatable bonds is 4. The second-order valence-electron chi connectivity index (χ2n) is 5.25. The largest absolute Gasteiger partial charge is 0.451 e. The molecule has 0 bridgehead atoms. The molecule has 0 saturated heterocycles. The summed E-state index contributed by atoms with van der Waals surface area (Å²) in [6, 6.07) is 13.1. The van der Waals surface area contributed by atoms with Crippen LogP contribution in [0.25, 0.3) is 11.0 Å². The molecule has 0 atom stereocenters. The number of furan rings is 1. The van der Waals surface area contributed by atoms with Crippen LogP contribution >= 0.6 is 0 Å². The summed E-state index contributed by atoms with van der Waals surface area (Å²) in [6.07, 6.45) is 1.73. The average Bonchev–Trinajstić information content (AvgIpc) is 2.97. The summed E-state index contributed by atoms with van der Waals surface area (Å²) in [7, 11) is 3.86. The first-order valence-electron chi connectivity index (χ1n) is 7.02. The van der Waals surface area contributed by atoms with Crippen molar-refractivity contribution in [2.75, 3.05) is 19.0 Å². The molecule has 0 radical (unpaired) electrons. The van der Waals surface area contributed by atoms with Gasteiger partial charge in [0, 0.05) is 32.2 Å². The zero-order valence-electron chi connectivity index (χ0n) is 12.5. The first-order chi connectivity index (χ1) is 10.6. The molecule has 0 saturated carbocycles. The van der Waals surface area contributed by atoms with Gasteiger partial charge in [-0.05, 0) is 29.8 Å². The molecule has 0 spiro atoms. The lowest BCUT2D eigenvalue weighted by Crippen LogP contribution is -2.22. The molecule has 2 aromatic heterocycles. The number of amides is 1. The van der Waals surface area contributed by atoms with Crippen molar-refractivity contribution in [3.63, 3.8) is 0 Å². The number of pyridine rings is 1. The number of nitrogens with zero attached hydrogens (tertiary/aromatic N) is 2. The van der Waals surface area contributed by atoms with E-state index in [1.807, 2.05) is 55.4 Å². The summed E-state index contributed by atoms with van der Waals surface area (Å²) in [5.74, 6) is 0.956. The highest BCUT2D eigenvalue weighted by Gasteiger charge is 2.11. The predicted octanol–water partition coefficient (Wildman–Crippen LogP) is 2.82. The summed E-state index contributed by atoms with van der Waals surface area (Å²) in [5, 5.41) is 3.79. The fraction of sp³-hybridized carbons (Fsp3) is 0.176. The van der Waals surface area contributed by atoms with E-state index in [2.05, 4.69) is 10.3 Å². The van der Waals surface area contributed by atoms with Gasteiger partial charge >= 0.3 is 0 Å². The van der Waals surface area contributed by atoms with E-state index >= 15 is 0 Å². The molecule has 5 nitrogen and oxygen atoms in total. The fourth-order valence-corrected chi connectivity index (χ4v) is 2.18. The summed E-state index contributed by atoms with van der Waals surface area (Å²) in [4.78, 5) is 18.3. The van der Waals surface area contributed by atoms with Crippen LogP contribution in [0, 0.1) is 0 Å². The maximum absolute atomic E-state index is 12.2. The molecule has 112 valence electrons. The molecule has 1 amide bonds. The lowest BCUT2D eigenvalue weighted by Gasteiger charge is -2.12. The summed E-state index contributed by atoms with van der Waals surface area (Å²) in [6.45, 7) is 0.430. The first kappa shape index (κ1) is 14.1. The van der Waals surface area contributed by atoms with Crippen molar-refractivity contribution >= 4 is 22.7 Å². The topological polar surface area (TPSA) is 58.4 Å². The number of para-hydroxylation sites is 1. The van der Waals surface area contributed by atoms with Gasteiger partial charge in [0.15, 0.2) is 5.76 Å². The standard InChI is InChI=1S/C17H17N3O2/c1-20(2)16-9-12(7-8-18-16)11-19-17(21)15-10-13-5-3-4-6-14(13)22-15/h3-10H,11H2,1-2H3,(H,19,21). The Morgan fingerprint density at radius 1 is 1.23 bits per heavy atom. The van der Waals surface area contributed by atoms with Gasteiger partial charge < -0.3 is 14.6 Å². The van der Waals surface area contributed by atoms with E-state index in [4.69, 9.17) is 4.42 Å². The SMILES string of the molecule is CN(C)c1cc(CNC(=O)c2cc3ccccc3o2)ccn1. The van der Waals surface area contributed by atoms with Crippen molar-refractivity contribution in [1.29, 1.82) is 0 Å². The van der Waals surface area contributed by atoms with Crippen LogP contribution in [0.2, 0.25) is 0 Å². The van der Waals surface area contributed by atoms with Crippen molar-refractivity contribution in [2.45, 2.75) is 6.54 Å². The second kappa shape index (κ2) is 5.89. The van der Waals surface area contributed by atoms with Gasteiger partial charge in [0.1, 0.15) is 11.4 Å². The summed E-state index contributed by atoms with van der Waals surface area (Å²) in [5.41, 5.74) is 1.70. The molecule has 0 unspecified atom stereocenters. The minimum absolute atomic E-state index is 0.223. The summed E-state index contributed by atoms with van der Waals surface area (Å²) < 4.78 is 5.55. The van der Waals surface area contributed by atoms with Crippen LogP contribution in [-0.4, -0.2) is 25.0 Å². The summed E-state index contributed by atoms with van der Waals surface area (Å²) >= 11 is 0. The number of nitrogens with one attached hydrogen (secondary N) is 1. The second-order valence-corrected chi connectivity index (χ2v) is 5.25. The van der Waals surface area contributed by atoms with Crippen LogP contribution in [-0.2, 0) is 6.54 Å². The molecular formula is C17H17N3O2. The van der Waals surface area contributed by atoms with E-state index in [0.29, 0.717) is 17.9 Å². The van der Waals surface area contributed by atoms with Gasteiger partial charge in [-0.1, -0.05) is 18.2 Å². The quantitative estimate of drug-likeness (QED) is 0.804. The molecule has 0 aliphatic carbocycles. The third-order valence-electron chi connectivity index (χ3n) is 3.37. The van der Waals surface area contributed by atoms with Crippen molar-refractivity contribution in [2.24, 2.45) is 0 Å². The van der Waals surface area contributed by atoms with Crippen LogP contribution in [0.15, 0.2) is 53.1 Å². The van der Waals surface area contributed by atoms with Crippen molar-refractivity contribution in [1.82, 2.24) is 10.3 Å². The van der Waals surface area contributed by atoms with Crippen molar-refractivity contribution < 1.29 is 9.21 Å². The highest BCUT2D eigenvalue weighted by molar-refractivity contribution is 5.96. The van der Waals surface area contributed by atoms with Gasteiger partial charge in [0.05, 0.1) is 0 Å². The third kappa shape index (κ3) is 2.93. The Morgan fingerprint density at radius 2 is 2.05 bits per heavy atom. The van der Waals surface area contributed by atoms with Crippen LogP contribution in [0.3, 0.4) is 0 Å². The van der Waals surface area contributed by atoms with E-state index in [9.17, 15) is 4.79 Å². The normalized spacial score (nSPS) is 10.6. The van der Waals surface area contributed by atoms with E-state index in [0.717, 1.165) is 16.8 Å². The highest BCUT2D eigenvalue weighted by Crippen LogP contribution is 2.18. The molecule has 0 fully saturated rings. The van der Waals surface area contributed by atoms with E-state index < -0.39 is 0 Å². The number of benzene rings is 1. The van der Waals surface area contributed by atoms with Gasteiger partial charge in [-0.2, -0.15) is 0 Å². The Labute approximate surface area is 128 Å². The van der Waals surface area contributed by atoms with Crippen LogP contribution in [0.1, 0.15) is 16.1 Å². The molecule has 2 heterocycles. The molecule has 22 heavy (non-hydrogen) atoms. The zero-order valence-corrected chi connectivity index (χ0v) is 12.5. The monoisotopic (exact) mass is 295 g/mol. The smallest absolute Gasteiger partial charge is 0.287 e. The van der Waals surface area contributed by atoms with Crippen LogP contribution < -0.4 is 10.2 Å². The fourth-order valence-electron chi connectivity index (χ4n) is 2.18. The van der Waals surface area contributed by atoms with Gasteiger partial charge in [0.25, 0.3) is 5.91 Å². The van der Waals surface area contributed by atoms with E-state index in [-0.39, 0.29) is 5.91 Å². The van der Waals surface area contributed by atoms with Crippen molar-refractivity contribution in [3.8, 4) is 0 Å².